The average molecular weight is 524 g/mol. The second-order valence-corrected chi connectivity index (χ2v) is 10.0. The van der Waals surface area contributed by atoms with Crippen LogP contribution in [0.1, 0.15) is 0 Å². The van der Waals surface area contributed by atoms with Crippen molar-refractivity contribution in [2.24, 2.45) is 0 Å². The number of benzene rings is 7. The van der Waals surface area contributed by atoms with Crippen LogP contribution in [0.15, 0.2) is 138 Å². The fraction of sp³-hybridized carbons (Fsp3) is 0. The molecule has 0 N–H and O–H groups in total. The van der Waals surface area contributed by atoms with Crippen LogP contribution in [0, 0.1) is 0 Å². The Hall–Kier alpha value is -4.14. The summed E-state index contributed by atoms with van der Waals surface area (Å²) < 4.78 is 1.09. The molecule has 7 aromatic rings. The van der Waals surface area contributed by atoms with Gasteiger partial charge in [-0.2, -0.15) is 0 Å². The number of halogens is 1. The van der Waals surface area contributed by atoms with E-state index in [0.717, 1.165) is 15.8 Å². The van der Waals surface area contributed by atoms with E-state index >= 15 is 0 Å². The zero-order chi connectivity index (χ0) is 24.1. The number of para-hydroxylation sites is 2. The van der Waals surface area contributed by atoms with E-state index in [-0.39, 0.29) is 0 Å². The Morgan fingerprint density at radius 1 is 0.444 bits per heavy atom. The topological polar surface area (TPSA) is 3.24 Å². The van der Waals surface area contributed by atoms with Gasteiger partial charge in [0.1, 0.15) is 0 Å². The third-order valence-corrected chi connectivity index (χ3v) is 7.60. The second-order valence-electron chi connectivity index (χ2n) is 9.13. The Morgan fingerprint density at radius 2 is 0.972 bits per heavy atom. The summed E-state index contributed by atoms with van der Waals surface area (Å²) in [7, 11) is 0. The minimum absolute atomic E-state index is 1.09. The van der Waals surface area contributed by atoms with Crippen LogP contribution in [0.3, 0.4) is 0 Å². The molecular formula is C34H22BrN. The van der Waals surface area contributed by atoms with E-state index in [1.165, 1.54) is 49.1 Å². The SMILES string of the molecule is Brc1ccc(-c2ccc3ccc4c(N(c5ccccc5)c5ccccc5)ccc5ccc2c3c54)cc1. The second kappa shape index (κ2) is 8.51. The summed E-state index contributed by atoms with van der Waals surface area (Å²) in [6.45, 7) is 0. The maximum atomic E-state index is 3.58. The lowest BCUT2D eigenvalue weighted by Crippen LogP contribution is -2.10. The first-order valence-corrected chi connectivity index (χ1v) is 12.9. The van der Waals surface area contributed by atoms with Crippen LogP contribution < -0.4 is 4.90 Å². The molecule has 0 atom stereocenters. The molecule has 0 amide bonds. The molecule has 36 heavy (non-hydrogen) atoms. The standard InChI is InChI=1S/C34H22BrN/c35-26-17-11-23(12-18-26)29-19-13-24-15-21-31-32(22-16-25-14-20-30(29)33(24)34(25)31)36(27-7-3-1-4-8-27)28-9-5-2-6-10-28/h1-22H. The maximum absolute atomic E-state index is 3.58. The molecule has 0 bridgehead atoms. The highest BCUT2D eigenvalue weighted by Crippen LogP contribution is 2.45. The molecule has 0 radical (unpaired) electrons. The number of anilines is 3. The zero-order valence-corrected chi connectivity index (χ0v) is 21.1. The largest absolute Gasteiger partial charge is 0.310 e. The van der Waals surface area contributed by atoms with E-state index < -0.39 is 0 Å². The first-order chi connectivity index (χ1) is 17.8. The summed E-state index contributed by atoms with van der Waals surface area (Å²) in [5, 5.41) is 7.72. The Kier molecular flexibility index (Phi) is 5.00. The van der Waals surface area contributed by atoms with Gasteiger partial charge in [0.05, 0.1) is 5.69 Å². The van der Waals surface area contributed by atoms with Crippen LogP contribution in [0.25, 0.3) is 43.4 Å². The van der Waals surface area contributed by atoms with E-state index in [1.807, 2.05) is 0 Å². The van der Waals surface area contributed by atoms with Crippen LogP contribution in [0.4, 0.5) is 17.1 Å². The Balaban J connectivity index is 1.54. The van der Waals surface area contributed by atoms with Crippen molar-refractivity contribution >= 4 is 65.3 Å². The van der Waals surface area contributed by atoms with Gasteiger partial charge in [-0.1, -0.05) is 107 Å². The summed E-state index contributed by atoms with van der Waals surface area (Å²) in [6.07, 6.45) is 0. The maximum Gasteiger partial charge on any atom is 0.0540 e. The molecule has 7 rings (SSSR count). The Labute approximate surface area is 218 Å². The molecule has 0 aromatic heterocycles. The van der Waals surface area contributed by atoms with Gasteiger partial charge < -0.3 is 4.90 Å². The first-order valence-electron chi connectivity index (χ1n) is 12.1. The summed E-state index contributed by atoms with van der Waals surface area (Å²) in [5.41, 5.74) is 5.97. The van der Waals surface area contributed by atoms with Crippen molar-refractivity contribution in [2.45, 2.75) is 0 Å². The molecule has 0 unspecified atom stereocenters. The zero-order valence-electron chi connectivity index (χ0n) is 19.5. The van der Waals surface area contributed by atoms with E-state index in [2.05, 4.69) is 154 Å². The molecule has 0 aliphatic heterocycles. The summed E-state index contributed by atoms with van der Waals surface area (Å²) >= 11 is 3.58. The van der Waals surface area contributed by atoms with Crippen LogP contribution >= 0.6 is 15.9 Å². The van der Waals surface area contributed by atoms with Gasteiger partial charge in [-0.25, -0.2) is 0 Å². The van der Waals surface area contributed by atoms with Gasteiger partial charge in [0.15, 0.2) is 0 Å². The predicted octanol–water partition coefficient (Wildman–Crippen LogP) is 10.5. The van der Waals surface area contributed by atoms with Crippen molar-refractivity contribution in [3.05, 3.63) is 138 Å². The molecule has 0 aliphatic rings. The smallest absolute Gasteiger partial charge is 0.0540 e. The number of nitrogens with zero attached hydrogens (tertiary/aromatic N) is 1. The highest BCUT2D eigenvalue weighted by molar-refractivity contribution is 9.10. The molecular weight excluding hydrogens is 502 g/mol. The van der Waals surface area contributed by atoms with Crippen molar-refractivity contribution < 1.29 is 0 Å². The third-order valence-electron chi connectivity index (χ3n) is 7.07. The number of hydrogen-bond acceptors (Lipinski definition) is 1. The van der Waals surface area contributed by atoms with Crippen LogP contribution in [0.5, 0.6) is 0 Å². The molecule has 0 aliphatic carbocycles. The van der Waals surface area contributed by atoms with Crippen molar-refractivity contribution in [1.82, 2.24) is 0 Å². The minimum Gasteiger partial charge on any atom is -0.310 e. The van der Waals surface area contributed by atoms with E-state index in [4.69, 9.17) is 0 Å². The van der Waals surface area contributed by atoms with Gasteiger partial charge in [0.2, 0.25) is 0 Å². The van der Waals surface area contributed by atoms with E-state index in [9.17, 15) is 0 Å². The van der Waals surface area contributed by atoms with Gasteiger partial charge in [-0.05, 0) is 80.5 Å². The molecule has 0 saturated carbocycles. The van der Waals surface area contributed by atoms with E-state index in [0.29, 0.717) is 0 Å². The summed E-state index contributed by atoms with van der Waals surface area (Å²) in [6, 6.07) is 48.0. The lowest BCUT2D eigenvalue weighted by Gasteiger charge is -2.27. The summed E-state index contributed by atoms with van der Waals surface area (Å²) in [4.78, 5) is 2.36. The summed E-state index contributed by atoms with van der Waals surface area (Å²) in [5.74, 6) is 0. The molecule has 0 spiro atoms. The number of rotatable bonds is 4. The fourth-order valence-corrected chi connectivity index (χ4v) is 5.71. The molecule has 0 fully saturated rings. The molecule has 0 saturated heterocycles. The molecule has 0 heterocycles. The minimum atomic E-state index is 1.09. The quantitative estimate of drug-likeness (QED) is 0.207. The monoisotopic (exact) mass is 523 g/mol. The normalized spacial score (nSPS) is 11.5. The average Bonchev–Trinajstić information content (AvgIpc) is 2.94. The van der Waals surface area contributed by atoms with Crippen molar-refractivity contribution in [1.29, 1.82) is 0 Å². The van der Waals surface area contributed by atoms with Gasteiger partial charge in [0.25, 0.3) is 0 Å². The molecule has 170 valence electrons. The van der Waals surface area contributed by atoms with Gasteiger partial charge in [-0.15, -0.1) is 0 Å². The highest BCUT2D eigenvalue weighted by Gasteiger charge is 2.19. The molecule has 7 aromatic carbocycles. The van der Waals surface area contributed by atoms with Gasteiger partial charge in [0, 0.05) is 21.2 Å². The Bertz CT molecular complexity index is 1780. The van der Waals surface area contributed by atoms with Crippen LogP contribution in [-0.2, 0) is 0 Å². The third kappa shape index (κ3) is 3.37. The van der Waals surface area contributed by atoms with Crippen molar-refractivity contribution in [2.75, 3.05) is 4.90 Å². The lowest BCUT2D eigenvalue weighted by molar-refractivity contribution is 1.30. The molecule has 2 heteroatoms. The molecule has 1 nitrogen and oxygen atoms in total. The highest BCUT2D eigenvalue weighted by atomic mass is 79.9. The first kappa shape index (κ1) is 21.2. The predicted molar refractivity (Wildman–Crippen MR) is 158 cm³/mol. The van der Waals surface area contributed by atoms with Gasteiger partial charge >= 0.3 is 0 Å². The number of hydrogen-bond donors (Lipinski definition) is 0. The fourth-order valence-electron chi connectivity index (χ4n) is 5.44. The Morgan fingerprint density at radius 3 is 1.61 bits per heavy atom. The van der Waals surface area contributed by atoms with Crippen LogP contribution in [-0.4, -0.2) is 0 Å². The van der Waals surface area contributed by atoms with Crippen molar-refractivity contribution in [3.8, 4) is 11.1 Å². The van der Waals surface area contributed by atoms with Gasteiger partial charge in [-0.3, -0.25) is 0 Å². The van der Waals surface area contributed by atoms with E-state index in [1.54, 1.807) is 0 Å². The van der Waals surface area contributed by atoms with Crippen molar-refractivity contribution in [3.63, 3.8) is 0 Å². The lowest BCUT2D eigenvalue weighted by atomic mass is 9.89. The van der Waals surface area contributed by atoms with Crippen LogP contribution in [0.2, 0.25) is 0 Å².